The third-order valence-corrected chi connectivity index (χ3v) is 3.99. The van der Waals surface area contributed by atoms with Gasteiger partial charge in [-0.05, 0) is 30.7 Å². The lowest BCUT2D eigenvalue weighted by atomic mass is 10.2. The summed E-state index contributed by atoms with van der Waals surface area (Å²) in [5.74, 6) is -0.676. The zero-order valence-corrected chi connectivity index (χ0v) is 15.4. The van der Waals surface area contributed by atoms with Crippen molar-refractivity contribution in [2.75, 3.05) is 11.9 Å². The largest absolute Gasteiger partial charge is 0.452 e. The van der Waals surface area contributed by atoms with Crippen molar-refractivity contribution in [1.29, 1.82) is 0 Å². The Morgan fingerprint density at radius 3 is 2.59 bits per heavy atom. The second-order valence-electron chi connectivity index (χ2n) is 5.89. The second kappa shape index (κ2) is 8.74. The van der Waals surface area contributed by atoms with E-state index in [4.69, 9.17) is 4.74 Å². The predicted molar refractivity (Wildman–Crippen MR) is 103 cm³/mol. The highest BCUT2D eigenvalue weighted by Gasteiger charge is 2.20. The molecule has 0 spiro atoms. The summed E-state index contributed by atoms with van der Waals surface area (Å²) in [6, 6.07) is 10.7. The van der Waals surface area contributed by atoms with Gasteiger partial charge >= 0.3 is 5.97 Å². The number of aromatic nitrogens is 3. The van der Waals surface area contributed by atoms with Gasteiger partial charge in [-0.2, -0.15) is 5.10 Å². The number of hydrogen-bond donors (Lipinski definition) is 1. The number of nitrogens with zero attached hydrogens (tertiary/aromatic N) is 4. The first-order chi connectivity index (χ1) is 14.0. The van der Waals surface area contributed by atoms with E-state index in [1.54, 1.807) is 23.0 Å². The van der Waals surface area contributed by atoms with E-state index in [1.807, 2.05) is 13.0 Å². The van der Waals surface area contributed by atoms with E-state index in [0.717, 1.165) is 0 Å². The third kappa shape index (κ3) is 4.61. The highest BCUT2D eigenvalue weighted by Crippen LogP contribution is 2.17. The summed E-state index contributed by atoms with van der Waals surface area (Å²) in [6.07, 6.45) is 3.51. The van der Waals surface area contributed by atoms with E-state index < -0.39 is 23.4 Å². The summed E-state index contributed by atoms with van der Waals surface area (Å²) in [7, 11) is 0. The van der Waals surface area contributed by atoms with Crippen molar-refractivity contribution in [1.82, 2.24) is 14.8 Å². The van der Waals surface area contributed by atoms with E-state index in [2.05, 4.69) is 15.4 Å². The third-order valence-electron chi connectivity index (χ3n) is 3.99. The van der Waals surface area contributed by atoms with E-state index in [0.29, 0.717) is 23.6 Å². The van der Waals surface area contributed by atoms with E-state index in [-0.39, 0.29) is 11.3 Å². The van der Waals surface area contributed by atoms with Gasteiger partial charge in [0.1, 0.15) is 5.56 Å². The Labute approximate surface area is 165 Å². The summed E-state index contributed by atoms with van der Waals surface area (Å²) in [6.45, 7) is 1.36. The number of carbonyl (C=O) groups excluding carboxylic acids is 2. The van der Waals surface area contributed by atoms with Crippen molar-refractivity contribution in [2.45, 2.75) is 13.3 Å². The summed E-state index contributed by atoms with van der Waals surface area (Å²) in [5, 5.41) is 17.3. The molecule has 3 rings (SSSR count). The molecule has 0 saturated heterocycles. The smallest absolute Gasteiger partial charge is 0.342 e. The highest BCUT2D eigenvalue weighted by molar-refractivity contribution is 5.96. The zero-order valence-electron chi connectivity index (χ0n) is 15.4. The van der Waals surface area contributed by atoms with Crippen LogP contribution in [0.3, 0.4) is 0 Å². The van der Waals surface area contributed by atoms with E-state index in [1.165, 1.54) is 30.5 Å². The molecule has 1 N–H and O–H groups in total. The van der Waals surface area contributed by atoms with Crippen LogP contribution in [0, 0.1) is 10.1 Å². The number of benzene rings is 1. The standard InChI is InChI=1S/C19H17N5O5/c1-2-16-15(11-21-23(16)17-5-3-4-10-20-17)19(26)29-12-18(25)22-13-6-8-14(9-7-13)24(27)28/h3-11H,2,12H2,1H3,(H,22,25). The molecule has 0 fully saturated rings. The molecular formula is C19H17N5O5. The van der Waals surface area contributed by atoms with Crippen LogP contribution in [-0.4, -0.2) is 38.2 Å². The lowest BCUT2D eigenvalue weighted by Gasteiger charge is -2.08. The van der Waals surface area contributed by atoms with Gasteiger partial charge in [-0.3, -0.25) is 14.9 Å². The zero-order chi connectivity index (χ0) is 20.8. The highest BCUT2D eigenvalue weighted by atomic mass is 16.6. The first-order valence-corrected chi connectivity index (χ1v) is 8.69. The van der Waals surface area contributed by atoms with Crippen molar-refractivity contribution in [3.05, 3.63) is 76.2 Å². The molecule has 0 aliphatic rings. The van der Waals surface area contributed by atoms with Crippen LogP contribution in [0.1, 0.15) is 23.0 Å². The number of esters is 1. The molecule has 0 bridgehead atoms. The van der Waals surface area contributed by atoms with Crippen LogP contribution >= 0.6 is 0 Å². The van der Waals surface area contributed by atoms with Crippen LogP contribution in [0.4, 0.5) is 11.4 Å². The SMILES string of the molecule is CCc1c(C(=O)OCC(=O)Nc2ccc([N+](=O)[O-])cc2)cnn1-c1ccccn1. The molecule has 0 aliphatic heterocycles. The number of ether oxygens (including phenoxy) is 1. The lowest BCUT2D eigenvalue weighted by molar-refractivity contribution is -0.384. The Bertz CT molecular complexity index is 1030. The molecule has 0 saturated carbocycles. The molecule has 148 valence electrons. The lowest BCUT2D eigenvalue weighted by Crippen LogP contribution is -2.21. The number of hydrogen-bond acceptors (Lipinski definition) is 7. The van der Waals surface area contributed by atoms with Crippen LogP contribution in [0.2, 0.25) is 0 Å². The Morgan fingerprint density at radius 1 is 1.21 bits per heavy atom. The van der Waals surface area contributed by atoms with Crippen molar-refractivity contribution in [2.24, 2.45) is 0 Å². The number of nitrogens with one attached hydrogen (secondary N) is 1. The number of amides is 1. The van der Waals surface area contributed by atoms with Gasteiger partial charge in [0, 0.05) is 24.0 Å². The molecule has 10 heteroatoms. The molecule has 0 atom stereocenters. The maximum Gasteiger partial charge on any atom is 0.342 e. The molecule has 1 aromatic carbocycles. The normalized spacial score (nSPS) is 10.4. The molecule has 10 nitrogen and oxygen atoms in total. The molecular weight excluding hydrogens is 378 g/mol. The fraction of sp³-hybridized carbons (Fsp3) is 0.158. The molecule has 0 unspecified atom stereocenters. The fourth-order valence-electron chi connectivity index (χ4n) is 2.63. The van der Waals surface area contributed by atoms with Crippen molar-refractivity contribution in [3.63, 3.8) is 0 Å². The van der Waals surface area contributed by atoms with Crippen molar-refractivity contribution < 1.29 is 19.2 Å². The minimum Gasteiger partial charge on any atom is -0.452 e. The Morgan fingerprint density at radius 2 is 1.97 bits per heavy atom. The van der Waals surface area contributed by atoms with Gasteiger partial charge < -0.3 is 10.1 Å². The van der Waals surface area contributed by atoms with Gasteiger partial charge in [0.25, 0.3) is 11.6 Å². The quantitative estimate of drug-likeness (QED) is 0.370. The molecule has 1 amide bonds. The number of pyridine rings is 1. The first-order valence-electron chi connectivity index (χ1n) is 8.69. The van der Waals surface area contributed by atoms with Gasteiger partial charge in [0.15, 0.2) is 12.4 Å². The molecule has 3 aromatic rings. The average Bonchev–Trinajstić information content (AvgIpc) is 3.17. The minimum absolute atomic E-state index is 0.0913. The van der Waals surface area contributed by atoms with Crippen LogP contribution in [-0.2, 0) is 16.0 Å². The maximum atomic E-state index is 12.4. The number of nitro benzene ring substituents is 1. The van der Waals surface area contributed by atoms with E-state index >= 15 is 0 Å². The average molecular weight is 395 g/mol. The summed E-state index contributed by atoms with van der Waals surface area (Å²) < 4.78 is 6.63. The van der Waals surface area contributed by atoms with Crippen LogP contribution in [0.5, 0.6) is 0 Å². The summed E-state index contributed by atoms with van der Waals surface area (Å²) >= 11 is 0. The predicted octanol–water partition coefficient (Wildman–Crippen LogP) is 2.53. The van der Waals surface area contributed by atoms with Crippen molar-refractivity contribution in [3.8, 4) is 5.82 Å². The molecule has 0 aliphatic carbocycles. The van der Waals surface area contributed by atoms with Crippen LogP contribution < -0.4 is 5.32 Å². The van der Waals surface area contributed by atoms with Crippen LogP contribution in [0.15, 0.2) is 54.9 Å². The van der Waals surface area contributed by atoms with Gasteiger partial charge in [0.05, 0.1) is 16.8 Å². The van der Waals surface area contributed by atoms with Gasteiger partial charge in [-0.1, -0.05) is 13.0 Å². The minimum atomic E-state index is -0.678. The second-order valence-corrected chi connectivity index (χ2v) is 5.89. The summed E-state index contributed by atoms with van der Waals surface area (Å²) in [4.78, 5) is 38.7. The number of nitro groups is 1. The number of carbonyl (C=O) groups is 2. The maximum absolute atomic E-state index is 12.4. The number of rotatable bonds is 7. The molecule has 2 heterocycles. The van der Waals surface area contributed by atoms with E-state index in [9.17, 15) is 19.7 Å². The van der Waals surface area contributed by atoms with Gasteiger partial charge in [0.2, 0.25) is 0 Å². The number of anilines is 1. The van der Waals surface area contributed by atoms with Crippen LogP contribution in [0.25, 0.3) is 5.82 Å². The fourth-order valence-corrected chi connectivity index (χ4v) is 2.63. The van der Waals surface area contributed by atoms with Crippen molar-refractivity contribution >= 4 is 23.3 Å². The monoisotopic (exact) mass is 395 g/mol. The summed E-state index contributed by atoms with van der Waals surface area (Å²) in [5.41, 5.74) is 1.13. The molecule has 29 heavy (non-hydrogen) atoms. The topological polar surface area (TPSA) is 129 Å². The Hall–Kier alpha value is -4.08. The van der Waals surface area contributed by atoms with Gasteiger partial charge in [-0.25, -0.2) is 14.5 Å². The Balaban J connectivity index is 1.62. The number of non-ortho nitro benzene ring substituents is 1. The molecule has 2 aromatic heterocycles. The van der Waals surface area contributed by atoms with Gasteiger partial charge in [-0.15, -0.1) is 0 Å². The molecule has 0 radical (unpaired) electrons. The Kier molecular flexibility index (Phi) is 5.93. The first kappa shape index (κ1) is 19.7.